The smallest absolute Gasteiger partial charge is 0.475 e. The highest BCUT2D eigenvalue weighted by Crippen LogP contribution is 2.30. The zero-order chi connectivity index (χ0) is 34.0. The molecule has 5 rings (SSSR count). The van der Waals surface area contributed by atoms with Crippen LogP contribution in [0.3, 0.4) is 0 Å². The Morgan fingerprint density at radius 1 is 0.957 bits per heavy atom. The lowest BCUT2D eigenvalue weighted by Gasteiger charge is -2.32. The van der Waals surface area contributed by atoms with Gasteiger partial charge < -0.3 is 31.4 Å². The van der Waals surface area contributed by atoms with Crippen molar-refractivity contribution in [1.82, 2.24) is 20.5 Å². The monoisotopic (exact) mass is 651 g/mol. The molecule has 0 unspecified atom stereocenters. The van der Waals surface area contributed by atoms with E-state index in [0.29, 0.717) is 37.9 Å². The largest absolute Gasteiger partial charge is 0.490 e. The molecule has 13 heteroatoms. The quantitative estimate of drug-likeness (QED) is 0.161. The van der Waals surface area contributed by atoms with Gasteiger partial charge in [0, 0.05) is 35.1 Å². The summed E-state index contributed by atoms with van der Waals surface area (Å²) < 4.78 is 31.7. The third kappa shape index (κ3) is 9.19. The number of rotatable bonds is 10. The molecule has 0 spiro atoms. The van der Waals surface area contributed by atoms with Gasteiger partial charge in [0.2, 0.25) is 11.8 Å². The number of benzene rings is 3. The van der Waals surface area contributed by atoms with E-state index in [1.165, 1.54) is 0 Å². The molecule has 2 heterocycles. The minimum Gasteiger partial charge on any atom is -0.475 e. The summed E-state index contributed by atoms with van der Waals surface area (Å²) >= 11 is 0. The summed E-state index contributed by atoms with van der Waals surface area (Å²) in [6, 6.07) is 25.0. The molecule has 1 aromatic heterocycles. The molecule has 248 valence electrons. The van der Waals surface area contributed by atoms with E-state index in [9.17, 15) is 27.6 Å². The van der Waals surface area contributed by atoms with Crippen LogP contribution in [0.15, 0.2) is 84.9 Å². The number of fused-ring (bicyclic) bond motifs is 3. The minimum absolute atomic E-state index is 0.220. The number of halogens is 3. The van der Waals surface area contributed by atoms with Crippen LogP contribution in [0.4, 0.5) is 13.2 Å². The Labute approximate surface area is 269 Å². The highest BCUT2D eigenvalue weighted by Gasteiger charge is 2.39. The van der Waals surface area contributed by atoms with E-state index in [1.807, 2.05) is 60.7 Å². The molecule has 3 amide bonds. The van der Waals surface area contributed by atoms with Gasteiger partial charge in [0.1, 0.15) is 12.1 Å². The Kier molecular flexibility index (Phi) is 11.7. The number of aromatic amines is 1. The first kappa shape index (κ1) is 34.7. The van der Waals surface area contributed by atoms with Crippen molar-refractivity contribution in [3.8, 4) is 0 Å². The normalized spacial score (nSPS) is 15.1. The maximum atomic E-state index is 14.2. The number of carbonyl (C=O) groups excluding carboxylic acids is 3. The number of amides is 3. The molecule has 6 N–H and O–H groups in total. The molecule has 4 aromatic rings. The third-order valence-corrected chi connectivity index (χ3v) is 7.72. The molecule has 0 aliphatic carbocycles. The standard InChI is InChI=1S/C32H35N5O3.C2HF3O2/c33-18-10-9-17-29(31(39)34-20-22-11-3-1-4-12-22)37-21-28-25(24-15-7-8-16-26(24)35-28)19-27(32(37)40)36-30(38)23-13-5-2-6-14-23;3-2(4,5)1(6)7/h1-8,11-16,27,29,35H,9-10,17-21,33H2,(H,34,39)(H,36,38);(H,6,7)/t27-,29+;/m1./s1. The number of hydrogen-bond donors (Lipinski definition) is 5. The first-order chi connectivity index (χ1) is 22.5. The third-order valence-electron chi connectivity index (χ3n) is 7.72. The SMILES string of the molecule is NCCCC[C@@H](C(=O)NCc1ccccc1)N1Cc2[nH]c3ccccc3c2C[C@@H](NC(=O)c2ccccc2)C1=O.O=C(O)C(F)(F)F. The average molecular weight is 652 g/mol. The van der Waals surface area contributed by atoms with E-state index in [1.54, 1.807) is 29.2 Å². The van der Waals surface area contributed by atoms with Crippen molar-refractivity contribution in [2.75, 3.05) is 6.54 Å². The summed E-state index contributed by atoms with van der Waals surface area (Å²) in [4.78, 5) is 55.0. The number of carbonyl (C=O) groups is 4. The summed E-state index contributed by atoms with van der Waals surface area (Å²) in [5.74, 6) is -3.57. The molecule has 1 aliphatic heterocycles. The van der Waals surface area contributed by atoms with Crippen molar-refractivity contribution in [3.05, 3.63) is 107 Å². The minimum atomic E-state index is -5.08. The van der Waals surface area contributed by atoms with Crippen molar-refractivity contribution in [2.24, 2.45) is 5.73 Å². The van der Waals surface area contributed by atoms with Crippen LogP contribution in [-0.4, -0.2) is 63.5 Å². The van der Waals surface area contributed by atoms with Crippen molar-refractivity contribution in [3.63, 3.8) is 0 Å². The van der Waals surface area contributed by atoms with Gasteiger partial charge in [-0.1, -0.05) is 66.7 Å². The Morgan fingerprint density at radius 2 is 1.57 bits per heavy atom. The second kappa shape index (κ2) is 15.9. The van der Waals surface area contributed by atoms with Crippen LogP contribution in [0.1, 0.15) is 46.4 Å². The van der Waals surface area contributed by atoms with Gasteiger partial charge >= 0.3 is 12.1 Å². The number of unbranched alkanes of at least 4 members (excludes halogenated alkanes) is 1. The van der Waals surface area contributed by atoms with E-state index in [2.05, 4.69) is 15.6 Å². The van der Waals surface area contributed by atoms with Gasteiger partial charge in [-0.05, 0) is 55.1 Å². The fourth-order valence-electron chi connectivity index (χ4n) is 5.38. The lowest BCUT2D eigenvalue weighted by molar-refractivity contribution is -0.192. The van der Waals surface area contributed by atoms with Crippen LogP contribution in [-0.2, 0) is 33.9 Å². The summed E-state index contributed by atoms with van der Waals surface area (Å²) in [5, 5.41) is 14.1. The first-order valence-corrected chi connectivity index (χ1v) is 15.1. The number of alkyl halides is 3. The predicted molar refractivity (Wildman–Crippen MR) is 169 cm³/mol. The summed E-state index contributed by atoms with van der Waals surface area (Å²) in [5.41, 5.74) is 10.0. The Balaban J connectivity index is 0.000000644. The van der Waals surface area contributed by atoms with Gasteiger partial charge in [-0.15, -0.1) is 0 Å². The molecule has 0 radical (unpaired) electrons. The van der Waals surface area contributed by atoms with E-state index in [4.69, 9.17) is 15.6 Å². The van der Waals surface area contributed by atoms with Gasteiger partial charge in [-0.2, -0.15) is 13.2 Å². The second-order valence-corrected chi connectivity index (χ2v) is 11.0. The van der Waals surface area contributed by atoms with Gasteiger partial charge in [0.05, 0.1) is 6.54 Å². The lowest BCUT2D eigenvalue weighted by Crippen LogP contribution is -2.55. The number of nitrogens with one attached hydrogen (secondary N) is 3. The summed E-state index contributed by atoms with van der Waals surface area (Å²) in [6.07, 6.45) is -2.84. The molecule has 0 saturated carbocycles. The van der Waals surface area contributed by atoms with Gasteiger partial charge in [0.15, 0.2) is 0 Å². The predicted octanol–water partition coefficient (Wildman–Crippen LogP) is 4.30. The first-order valence-electron chi connectivity index (χ1n) is 15.1. The van der Waals surface area contributed by atoms with E-state index < -0.39 is 24.2 Å². The van der Waals surface area contributed by atoms with Crippen LogP contribution in [0.5, 0.6) is 0 Å². The molecule has 0 saturated heterocycles. The van der Waals surface area contributed by atoms with Crippen LogP contribution in [0.25, 0.3) is 10.9 Å². The van der Waals surface area contributed by atoms with Crippen molar-refractivity contribution in [2.45, 2.75) is 57.0 Å². The van der Waals surface area contributed by atoms with Crippen molar-refractivity contribution in [1.29, 1.82) is 0 Å². The Morgan fingerprint density at radius 3 is 2.21 bits per heavy atom. The Hall–Kier alpha value is -5.17. The molecule has 0 fully saturated rings. The maximum Gasteiger partial charge on any atom is 0.490 e. The lowest BCUT2D eigenvalue weighted by atomic mass is 10.0. The number of aromatic nitrogens is 1. The molecule has 3 aromatic carbocycles. The van der Waals surface area contributed by atoms with Gasteiger partial charge in [0.25, 0.3) is 5.91 Å². The highest BCUT2D eigenvalue weighted by molar-refractivity contribution is 5.99. The van der Waals surface area contributed by atoms with Gasteiger partial charge in [-0.3, -0.25) is 14.4 Å². The molecular weight excluding hydrogens is 615 g/mol. The van der Waals surface area contributed by atoms with Crippen molar-refractivity contribution < 1.29 is 37.5 Å². The molecule has 47 heavy (non-hydrogen) atoms. The molecule has 2 atom stereocenters. The van der Waals surface area contributed by atoms with Crippen molar-refractivity contribution >= 4 is 34.6 Å². The summed E-state index contributed by atoms with van der Waals surface area (Å²) in [7, 11) is 0. The summed E-state index contributed by atoms with van der Waals surface area (Å²) in [6.45, 7) is 1.11. The number of aliphatic carboxylic acids is 1. The molecule has 0 bridgehead atoms. The topological polar surface area (TPSA) is 158 Å². The number of carboxylic acid groups (broad SMARTS) is 1. The number of carboxylic acids is 1. The maximum absolute atomic E-state index is 14.2. The number of para-hydroxylation sites is 1. The number of hydrogen-bond acceptors (Lipinski definition) is 5. The second-order valence-electron chi connectivity index (χ2n) is 11.0. The number of nitrogens with two attached hydrogens (primary N) is 1. The van der Waals surface area contributed by atoms with Gasteiger partial charge in [-0.25, -0.2) is 4.79 Å². The highest BCUT2D eigenvalue weighted by atomic mass is 19.4. The van der Waals surface area contributed by atoms with E-state index in [0.717, 1.165) is 34.1 Å². The number of H-pyrrole nitrogens is 1. The molecular formula is C34H36F3N5O5. The average Bonchev–Trinajstić information content (AvgIpc) is 3.35. The zero-order valence-electron chi connectivity index (χ0n) is 25.4. The van der Waals surface area contributed by atoms with Crippen LogP contribution >= 0.6 is 0 Å². The molecule has 1 aliphatic rings. The van der Waals surface area contributed by atoms with Crippen LogP contribution in [0.2, 0.25) is 0 Å². The fourth-order valence-corrected chi connectivity index (χ4v) is 5.38. The van der Waals surface area contributed by atoms with Crippen LogP contribution in [0, 0.1) is 0 Å². The zero-order valence-corrected chi connectivity index (χ0v) is 25.4. The van der Waals surface area contributed by atoms with E-state index in [-0.39, 0.29) is 24.3 Å². The number of nitrogens with zero attached hydrogens (tertiary/aromatic N) is 1. The Bertz CT molecular complexity index is 1680. The fraction of sp³-hybridized carbons (Fsp3) is 0.294. The van der Waals surface area contributed by atoms with Crippen LogP contribution < -0.4 is 16.4 Å². The molecule has 10 nitrogen and oxygen atoms in total. The van der Waals surface area contributed by atoms with E-state index >= 15 is 0 Å².